The van der Waals surface area contributed by atoms with Crippen LogP contribution in [0.25, 0.3) is 10.8 Å². The van der Waals surface area contributed by atoms with Gasteiger partial charge in [0.15, 0.2) is 0 Å². The maximum absolute atomic E-state index is 11.4. The SMILES string of the molecule is COC(=O)c1ccc2cc(CCBr)ccc2c1. The number of benzene rings is 2. The van der Waals surface area contributed by atoms with E-state index in [0.717, 1.165) is 22.5 Å². The summed E-state index contributed by atoms with van der Waals surface area (Å²) in [5.41, 5.74) is 1.88. The molecule has 0 aliphatic carbocycles. The fraction of sp³-hybridized carbons (Fsp3) is 0.214. The molecule has 0 N–H and O–H groups in total. The molecule has 0 spiro atoms. The second kappa shape index (κ2) is 5.32. The molecule has 2 aromatic carbocycles. The van der Waals surface area contributed by atoms with Crippen LogP contribution in [0.5, 0.6) is 0 Å². The lowest BCUT2D eigenvalue weighted by molar-refractivity contribution is 0.0601. The van der Waals surface area contributed by atoms with Crippen molar-refractivity contribution >= 4 is 32.7 Å². The Balaban J connectivity index is 2.43. The van der Waals surface area contributed by atoms with Gasteiger partial charge < -0.3 is 4.74 Å². The Bertz CT molecular complexity index is 549. The van der Waals surface area contributed by atoms with Crippen LogP contribution in [-0.4, -0.2) is 18.4 Å². The van der Waals surface area contributed by atoms with E-state index in [4.69, 9.17) is 4.74 Å². The number of aryl methyl sites for hydroxylation is 1. The fourth-order valence-corrected chi connectivity index (χ4v) is 2.26. The number of halogens is 1. The molecule has 0 heterocycles. The summed E-state index contributed by atoms with van der Waals surface area (Å²) < 4.78 is 4.70. The highest BCUT2D eigenvalue weighted by molar-refractivity contribution is 9.09. The molecule has 0 radical (unpaired) electrons. The fourth-order valence-electron chi connectivity index (χ4n) is 1.80. The Morgan fingerprint density at radius 2 is 1.88 bits per heavy atom. The largest absolute Gasteiger partial charge is 0.465 e. The Morgan fingerprint density at radius 3 is 2.59 bits per heavy atom. The van der Waals surface area contributed by atoms with Crippen molar-refractivity contribution in [2.45, 2.75) is 6.42 Å². The average molecular weight is 293 g/mol. The molecule has 0 saturated carbocycles. The summed E-state index contributed by atoms with van der Waals surface area (Å²) in [6.07, 6.45) is 1.01. The monoisotopic (exact) mass is 292 g/mol. The van der Waals surface area contributed by atoms with Gasteiger partial charge in [-0.15, -0.1) is 0 Å². The van der Waals surface area contributed by atoms with Gasteiger partial charge in [-0.05, 0) is 34.9 Å². The van der Waals surface area contributed by atoms with Gasteiger partial charge in [0, 0.05) is 5.33 Å². The van der Waals surface area contributed by atoms with Gasteiger partial charge in [0.25, 0.3) is 0 Å². The number of ether oxygens (including phenoxy) is 1. The van der Waals surface area contributed by atoms with Crippen LogP contribution in [0.3, 0.4) is 0 Å². The molecule has 0 amide bonds. The van der Waals surface area contributed by atoms with Gasteiger partial charge in [0.1, 0.15) is 0 Å². The zero-order valence-electron chi connectivity index (χ0n) is 9.57. The average Bonchev–Trinajstić information content (AvgIpc) is 2.37. The number of methoxy groups -OCH3 is 1. The quantitative estimate of drug-likeness (QED) is 0.639. The highest BCUT2D eigenvalue weighted by atomic mass is 79.9. The second-order valence-electron chi connectivity index (χ2n) is 3.83. The number of rotatable bonds is 3. The van der Waals surface area contributed by atoms with Crippen LogP contribution in [0.2, 0.25) is 0 Å². The number of esters is 1. The standard InChI is InChI=1S/C14H13BrO2/c1-17-14(16)13-5-4-11-8-10(6-7-15)2-3-12(11)9-13/h2-5,8-9H,6-7H2,1H3. The molecule has 88 valence electrons. The van der Waals surface area contributed by atoms with Gasteiger partial charge >= 0.3 is 5.97 Å². The van der Waals surface area contributed by atoms with Gasteiger partial charge in [-0.2, -0.15) is 0 Å². The third-order valence-corrected chi connectivity index (χ3v) is 3.11. The van der Waals surface area contributed by atoms with Crippen molar-refractivity contribution in [2.24, 2.45) is 0 Å². The van der Waals surface area contributed by atoms with Crippen LogP contribution in [-0.2, 0) is 11.2 Å². The minimum Gasteiger partial charge on any atom is -0.465 e. The normalized spacial score (nSPS) is 10.5. The van der Waals surface area contributed by atoms with Gasteiger partial charge in [0.05, 0.1) is 12.7 Å². The third-order valence-electron chi connectivity index (χ3n) is 2.71. The lowest BCUT2D eigenvalue weighted by atomic mass is 10.0. The van der Waals surface area contributed by atoms with Crippen molar-refractivity contribution in [3.8, 4) is 0 Å². The summed E-state index contributed by atoms with van der Waals surface area (Å²) in [6, 6.07) is 11.9. The summed E-state index contributed by atoms with van der Waals surface area (Å²) in [7, 11) is 1.39. The number of hydrogen-bond acceptors (Lipinski definition) is 2. The number of carbonyl (C=O) groups is 1. The van der Waals surface area contributed by atoms with Crippen LogP contribution < -0.4 is 0 Å². The first-order valence-electron chi connectivity index (χ1n) is 5.41. The molecule has 17 heavy (non-hydrogen) atoms. The van der Waals surface area contributed by atoms with Crippen LogP contribution in [0.4, 0.5) is 0 Å². The maximum Gasteiger partial charge on any atom is 0.337 e. The van der Waals surface area contributed by atoms with E-state index >= 15 is 0 Å². The zero-order valence-corrected chi connectivity index (χ0v) is 11.2. The minimum absolute atomic E-state index is 0.295. The van der Waals surface area contributed by atoms with E-state index in [1.165, 1.54) is 12.7 Å². The van der Waals surface area contributed by atoms with E-state index in [1.807, 2.05) is 18.2 Å². The third kappa shape index (κ3) is 2.67. The zero-order chi connectivity index (χ0) is 12.3. The van der Waals surface area contributed by atoms with Crippen molar-refractivity contribution < 1.29 is 9.53 Å². The number of hydrogen-bond donors (Lipinski definition) is 0. The number of fused-ring (bicyclic) bond motifs is 1. The van der Waals surface area contributed by atoms with Crippen molar-refractivity contribution in [1.29, 1.82) is 0 Å². The smallest absolute Gasteiger partial charge is 0.337 e. The molecular weight excluding hydrogens is 280 g/mol. The number of carbonyl (C=O) groups excluding carboxylic acids is 1. The van der Waals surface area contributed by atoms with Crippen molar-refractivity contribution in [3.05, 3.63) is 47.5 Å². The lowest BCUT2D eigenvalue weighted by Gasteiger charge is -2.04. The van der Waals surface area contributed by atoms with Crippen LogP contribution in [0.1, 0.15) is 15.9 Å². The summed E-state index contributed by atoms with van der Waals surface area (Å²) in [5.74, 6) is -0.295. The predicted octanol–water partition coefficient (Wildman–Crippen LogP) is 3.56. The van der Waals surface area contributed by atoms with E-state index in [0.29, 0.717) is 5.56 Å². The summed E-state index contributed by atoms with van der Waals surface area (Å²) in [5, 5.41) is 3.17. The molecular formula is C14H13BrO2. The molecule has 0 aromatic heterocycles. The molecule has 2 nitrogen and oxygen atoms in total. The summed E-state index contributed by atoms with van der Waals surface area (Å²) in [6.45, 7) is 0. The molecule has 0 unspecified atom stereocenters. The summed E-state index contributed by atoms with van der Waals surface area (Å²) in [4.78, 5) is 11.4. The lowest BCUT2D eigenvalue weighted by Crippen LogP contribution is -2.00. The molecule has 0 atom stereocenters. The van der Waals surface area contributed by atoms with Gasteiger partial charge in [-0.25, -0.2) is 4.79 Å². The van der Waals surface area contributed by atoms with Crippen molar-refractivity contribution in [1.82, 2.24) is 0 Å². The molecule has 2 aromatic rings. The van der Waals surface area contributed by atoms with Gasteiger partial charge in [-0.3, -0.25) is 0 Å². The van der Waals surface area contributed by atoms with Crippen LogP contribution >= 0.6 is 15.9 Å². The van der Waals surface area contributed by atoms with E-state index in [-0.39, 0.29) is 5.97 Å². The Labute approximate surface area is 109 Å². The van der Waals surface area contributed by atoms with E-state index in [1.54, 1.807) is 6.07 Å². The first-order valence-corrected chi connectivity index (χ1v) is 6.53. The van der Waals surface area contributed by atoms with Crippen molar-refractivity contribution in [2.75, 3.05) is 12.4 Å². The summed E-state index contributed by atoms with van der Waals surface area (Å²) >= 11 is 3.43. The Hall–Kier alpha value is -1.35. The van der Waals surface area contributed by atoms with Crippen molar-refractivity contribution in [3.63, 3.8) is 0 Å². The maximum atomic E-state index is 11.4. The number of alkyl halides is 1. The van der Waals surface area contributed by atoms with Crippen LogP contribution in [0.15, 0.2) is 36.4 Å². The highest BCUT2D eigenvalue weighted by Gasteiger charge is 2.05. The van der Waals surface area contributed by atoms with Gasteiger partial charge in [0.2, 0.25) is 0 Å². The molecule has 2 rings (SSSR count). The van der Waals surface area contributed by atoms with E-state index in [2.05, 4.69) is 28.1 Å². The van der Waals surface area contributed by atoms with E-state index < -0.39 is 0 Å². The first-order chi connectivity index (χ1) is 8.24. The van der Waals surface area contributed by atoms with Crippen LogP contribution in [0, 0.1) is 0 Å². The molecule has 0 aliphatic rings. The minimum atomic E-state index is -0.295. The molecule has 0 fully saturated rings. The molecule has 0 bridgehead atoms. The first kappa shape index (κ1) is 12.1. The molecule has 3 heteroatoms. The Morgan fingerprint density at radius 1 is 1.18 bits per heavy atom. The predicted molar refractivity (Wildman–Crippen MR) is 72.8 cm³/mol. The second-order valence-corrected chi connectivity index (χ2v) is 4.62. The van der Waals surface area contributed by atoms with E-state index in [9.17, 15) is 4.79 Å². The molecule has 0 saturated heterocycles. The topological polar surface area (TPSA) is 26.3 Å². The molecule has 0 aliphatic heterocycles. The van der Waals surface area contributed by atoms with Gasteiger partial charge in [-0.1, -0.05) is 40.2 Å². The Kier molecular flexibility index (Phi) is 3.79. The highest BCUT2D eigenvalue weighted by Crippen LogP contribution is 2.19.